The van der Waals surface area contributed by atoms with E-state index in [-0.39, 0.29) is 36.5 Å². The summed E-state index contributed by atoms with van der Waals surface area (Å²) >= 11 is 0. The van der Waals surface area contributed by atoms with Crippen molar-refractivity contribution in [2.24, 2.45) is 11.5 Å². The molecule has 170 valence electrons. The number of fused-ring (bicyclic) bond motifs is 1. The molecule has 3 amide bonds. The number of carbonyl (C=O) groups excluding carboxylic acids is 3. The molecule has 2 aliphatic rings. The predicted molar refractivity (Wildman–Crippen MR) is 115 cm³/mol. The summed E-state index contributed by atoms with van der Waals surface area (Å²) in [6.45, 7) is 1.69. The van der Waals surface area contributed by atoms with Crippen molar-refractivity contribution in [3.63, 3.8) is 0 Å². The number of morpholine rings is 1. The molecule has 2 saturated heterocycles. The first kappa shape index (κ1) is 22.0. The Kier molecular flexibility index (Phi) is 5.98. The van der Waals surface area contributed by atoms with E-state index in [9.17, 15) is 19.2 Å². The first-order chi connectivity index (χ1) is 15.3. The monoisotopic (exact) mass is 442 g/mol. The third-order valence-corrected chi connectivity index (χ3v) is 6.21. The van der Waals surface area contributed by atoms with E-state index in [1.807, 2.05) is 0 Å². The fraction of sp³-hybridized carbons (Fsp3) is 0.455. The van der Waals surface area contributed by atoms with E-state index in [0.717, 1.165) is 0 Å². The smallest absolute Gasteiger partial charge is 0.290 e. The van der Waals surface area contributed by atoms with Crippen LogP contribution in [0.4, 0.5) is 0 Å². The number of carbonyl (C=O) groups is 3. The van der Waals surface area contributed by atoms with Crippen LogP contribution in [-0.4, -0.2) is 72.0 Å². The van der Waals surface area contributed by atoms with Gasteiger partial charge in [0.05, 0.1) is 30.2 Å². The number of nitrogens with zero attached hydrogens (tertiary/aromatic N) is 2. The second kappa shape index (κ2) is 8.71. The molecule has 1 aromatic heterocycles. The van der Waals surface area contributed by atoms with Crippen LogP contribution in [0, 0.1) is 0 Å². The Bertz CT molecular complexity index is 1120. The summed E-state index contributed by atoms with van der Waals surface area (Å²) < 4.78 is 11.4. The number of amides is 3. The maximum atomic E-state index is 13.4. The zero-order chi connectivity index (χ0) is 22.9. The summed E-state index contributed by atoms with van der Waals surface area (Å²) in [5.74, 6) is -1.24. The van der Waals surface area contributed by atoms with Gasteiger partial charge in [-0.05, 0) is 25.0 Å². The van der Waals surface area contributed by atoms with Gasteiger partial charge in [0.2, 0.25) is 11.8 Å². The molecule has 10 nitrogen and oxygen atoms in total. The summed E-state index contributed by atoms with van der Waals surface area (Å²) in [5, 5.41) is 0.410. The minimum Gasteiger partial charge on any atom is -0.451 e. The number of nitrogens with two attached hydrogens (primary N) is 2. The molecule has 3 heterocycles. The van der Waals surface area contributed by atoms with E-state index in [4.69, 9.17) is 20.6 Å². The third-order valence-electron chi connectivity index (χ3n) is 6.21. The maximum absolute atomic E-state index is 13.4. The molecule has 1 aromatic carbocycles. The largest absolute Gasteiger partial charge is 0.451 e. The highest BCUT2D eigenvalue weighted by Gasteiger charge is 2.49. The summed E-state index contributed by atoms with van der Waals surface area (Å²) in [4.78, 5) is 52.9. The number of benzene rings is 1. The SMILES string of the molecule is NC(=O)[C@@H](N)CCC(=O)N1CCC2(COCCN2C(=O)c2cc(=O)c3ccccc3o2)C1. The quantitative estimate of drug-likeness (QED) is 0.653. The highest BCUT2D eigenvalue weighted by atomic mass is 16.5. The Morgan fingerprint density at radius 2 is 1.97 bits per heavy atom. The van der Waals surface area contributed by atoms with Crippen LogP contribution in [-0.2, 0) is 14.3 Å². The van der Waals surface area contributed by atoms with Gasteiger partial charge < -0.3 is 30.4 Å². The Morgan fingerprint density at radius 3 is 2.75 bits per heavy atom. The van der Waals surface area contributed by atoms with E-state index >= 15 is 0 Å². The lowest BCUT2D eigenvalue weighted by atomic mass is 9.95. The van der Waals surface area contributed by atoms with Crippen LogP contribution in [0.5, 0.6) is 0 Å². The van der Waals surface area contributed by atoms with Gasteiger partial charge in [-0.25, -0.2) is 0 Å². The standard InChI is InChI=1S/C22H26N4O6/c23-15(20(24)29)5-6-19(28)25-8-7-22(12-25)13-31-10-9-26(22)21(30)18-11-16(27)14-3-1-2-4-17(14)32-18/h1-4,11,15H,5-10,12-13,23H2,(H2,24,29)/t15-,22?/m0/s1. The van der Waals surface area contributed by atoms with E-state index < -0.39 is 23.4 Å². The molecule has 0 aliphatic carbocycles. The molecule has 2 aliphatic heterocycles. The van der Waals surface area contributed by atoms with Crippen LogP contribution < -0.4 is 16.9 Å². The van der Waals surface area contributed by atoms with Gasteiger partial charge in [-0.2, -0.15) is 0 Å². The fourth-order valence-corrected chi connectivity index (χ4v) is 4.38. The number of rotatable bonds is 5. The van der Waals surface area contributed by atoms with Crippen molar-refractivity contribution in [1.29, 1.82) is 0 Å². The molecule has 0 saturated carbocycles. The highest BCUT2D eigenvalue weighted by molar-refractivity contribution is 5.94. The van der Waals surface area contributed by atoms with Crippen LogP contribution in [0.15, 0.2) is 39.5 Å². The lowest BCUT2D eigenvalue weighted by Gasteiger charge is -2.44. The number of primary amides is 1. The first-order valence-corrected chi connectivity index (χ1v) is 10.6. The molecule has 1 unspecified atom stereocenters. The number of hydrogen-bond donors (Lipinski definition) is 2. The summed E-state index contributed by atoms with van der Waals surface area (Å²) in [5.41, 5.74) is 10.1. The zero-order valence-electron chi connectivity index (χ0n) is 17.6. The van der Waals surface area contributed by atoms with Gasteiger partial charge in [-0.3, -0.25) is 19.2 Å². The average Bonchev–Trinajstić information content (AvgIpc) is 3.21. The van der Waals surface area contributed by atoms with Crippen LogP contribution in [0.1, 0.15) is 29.8 Å². The molecule has 4 N–H and O–H groups in total. The Hall–Kier alpha value is -3.24. The molecule has 2 atom stereocenters. The van der Waals surface area contributed by atoms with Gasteiger partial charge in [-0.1, -0.05) is 12.1 Å². The van der Waals surface area contributed by atoms with Gasteiger partial charge >= 0.3 is 0 Å². The number of hydrogen-bond acceptors (Lipinski definition) is 7. The van der Waals surface area contributed by atoms with Crippen molar-refractivity contribution in [2.75, 3.05) is 32.8 Å². The fourth-order valence-electron chi connectivity index (χ4n) is 4.38. The van der Waals surface area contributed by atoms with Gasteiger partial charge in [0.25, 0.3) is 5.91 Å². The Labute approximate surface area is 184 Å². The van der Waals surface area contributed by atoms with Crippen molar-refractivity contribution in [3.8, 4) is 0 Å². The molecule has 0 bridgehead atoms. The third kappa shape index (κ3) is 4.11. The molecule has 32 heavy (non-hydrogen) atoms. The summed E-state index contributed by atoms with van der Waals surface area (Å²) in [7, 11) is 0. The average molecular weight is 442 g/mol. The first-order valence-electron chi connectivity index (χ1n) is 10.6. The van der Waals surface area contributed by atoms with Gasteiger partial charge in [-0.15, -0.1) is 0 Å². The van der Waals surface area contributed by atoms with Crippen LogP contribution in [0.2, 0.25) is 0 Å². The summed E-state index contributed by atoms with van der Waals surface area (Å²) in [6, 6.07) is 7.11. The lowest BCUT2D eigenvalue weighted by Crippen LogP contribution is -2.60. The van der Waals surface area contributed by atoms with E-state index in [0.29, 0.717) is 43.6 Å². The highest BCUT2D eigenvalue weighted by Crippen LogP contribution is 2.33. The second-order valence-corrected chi connectivity index (χ2v) is 8.32. The van der Waals surface area contributed by atoms with Crippen molar-refractivity contribution in [2.45, 2.75) is 30.8 Å². The van der Waals surface area contributed by atoms with Gasteiger partial charge in [0, 0.05) is 32.1 Å². The molecule has 2 aromatic rings. The Morgan fingerprint density at radius 1 is 1.19 bits per heavy atom. The topological polar surface area (TPSA) is 149 Å². The van der Waals surface area contributed by atoms with Crippen LogP contribution >= 0.6 is 0 Å². The molecule has 10 heteroatoms. The van der Waals surface area contributed by atoms with Gasteiger partial charge in [0.15, 0.2) is 11.2 Å². The van der Waals surface area contributed by atoms with Crippen molar-refractivity contribution < 1.29 is 23.5 Å². The number of ether oxygens (including phenoxy) is 1. The van der Waals surface area contributed by atoms with Crippen LogP contribution in [0.3, 0.4) is 0 Å². The number of likely N-dealkylation sites (tertiary alicyclic amines) is 1. The van der Waals surface area contributed by atoms with Crippen molar-refractivity contribution in [3.05, 3.63) is 46.3 Å². The molecular weight excluding hydrogens is 416 g/mol. The van der Waals surface area contributed by atoms with Crippen molar-refractivity contribution >= 4 is 28.7 Å². The summed E-state index contributed by atoms with van der Waals surface area (Å²) in [6.07, 6.45) is 0.789. The molecule has 2 fully saturated rings. The molecule has 0 radical (unpaired) electrons. The van der Waals surface area contributed by atoms with Crippen molar-refractivity contribution in [1.82, 2.24) is 9.80 Å². The number of para-hydroxylation sites is 1. The van der Waals surface area contributed by atoms with Crippen LogP contribution in [0.25, 0.3) is 11.0 Å². The molecule has 4 rings (SSSR count). The maximum Gasteiger partial charge on any atom is 0.290 e. The minimum atomic E-state index is -0.873. The molecular formula is C22H26N4O6. The second-order valence-electron chi connectivity index (χ2n) is 8.32. The van der Waals surface area contributed by atoms with E-state index in [1.54, 1.807) is 34.1 Å². The normalized spacial score (nSPS) is 21.8. The van der Waals surface area contributed by atoms with Gasteiger partial charge in [0.1, 0.15) is 5.58 Å². The lowest BCUT2D eigenvalue weighted by molar-refractivity contribution is -0.131. The van der Waals surface area contributed by atoms with E-state index in [1.165, 1.54) is 6.07 Å². The molecule has 1 spiro atoms. The Balaban J connectivity index is 1.53. The van der Waals surface area contributed by atoms with E-state index in [2.05, 4.69) is 0 Å². The predicted octanol–water partition coefficient (Wildman–Crippen LogP) is -0.171. The zero-order valence-corrected chi connectivity index (χ0v) is 17.6. The minimum absolute atomic E-state index is 0.0350.